The molecular formula is C19H17BrFNO3. The van der Waals surface area contributed by atoms with Crippen molar-refractivity contribution in [2.24, 2.45) is 0 Å². The SMILES string of the molecule is CC1CCc2ccccc2N1C(=O)COC(=O)c1cc(Br)ccc1F. The minimum atomic E-state index is -0.856. The molecule has 3 rings (SSSR count). The highest BCUT2D eigenvalue weighted by Crippen LogP contribution is 2.30. The number of nitrogens with zero attached hydrogens (tertiary/aromatic N) is 1. The van der Waals surface area contributed by atoms with Gasteiger partial charge in [-0.1, -0.05) is 34.1 Å². The molecule has 2 aromatic rings. The summed E-state index contributed by atoms with van der Waals surface area (Å²) in [7, 11) is 0. The van der Waals surface area contributed by atoms with Crippen LogP contribution in [0.1, 0.15) is 29.3 Å². The van der Waals surface area contributed by atoms with E-state index in [1.54, 1.807) is 4.90 Å². The molecule has 2 aromatic carbocycles. The van der Waals surface area contributed by atoms with Gasteiger partial charge in [0.2, 0.25) is 0 Å². The molecule has 6 heteroatoms. The van der Waals surface area contributed by atoms with E-state index in [0.29, 0.717) is 4.47 Å². The standard InChI is InChI=1S/C19H17BrFNO3/c1-12-6-7-13-4-2-3-5-17(13)22(12)18(23)11-25-19(24)15-10-14(20)8-9-16(15)21/h2-5,8-10,12H,6-7,11H2,1H3. The molecule has 0 aromatic heterocycles. The van der Waals surface area contributed by atoms with Crippen LogP contribution in [0.2, 0.25) is 0 Å². The van der Waals surface area contributed by atoms with Crippen LogP contribution < -0.4 is 4.90 Å². The number of rotatable bonds is 3. The topological polar surface area (TPSA) is 46.6 Å². The summed E-state index contributed by atoms with van der Waals surface area (Å²) in [6.45, 7) is 1.53. The van der Waals surface area contributed by atoms with E-state index in [0.717, 1.165) is 24.1 Å². The summed E-state index contributed by atoms with van der Waals surface area (Å²) in [4.78, 5) is 26.3. The zero-order valence-electron chi connectivity index (χ0n) is 13.7. The molecule has 130 valence electrons. The Hall–Kier alpha value is -2.21. The number of anilines is 1. The zero-order valence-corrected chi connectivity index (χ0v) is 15.3. The molecule has 0 N–H and O–H groups in total. The number of hydrogen-bond acceptors (Lipinski definition) is 3. The van der Waals surface area contributed by atoms with Gasteiger partial charge in [-0.05, 0) is 49.6 Å². The number of carbonyl (C=O) groups is 2. The maximum absolute atomic E-state index is 13.7. The van der Waals surface area contributed by atoms with Gasteiger partial charge in [0.25, 0.3) is 5.91 Å². The third-order valence-electron chi connectivity index (χ3n) is 4.27. The number of aryl methyl sites for hydroxylation is 1. The fraction of sp³-hybridized carbons (Fsp3) is 0.263. The number of ether oxygens (including phenoxy) is 1. The number of esters is 1. The molecule has 4 nitrogen and oxygen atoms in total. The minimum absolute atomic E-state index is 0.0173. The molecule has 1 aliphatic rings. The maximum atomic E-state index is 13.7. The predicted octanol–water partition coefficient (Wildman–Crippen LogP) is 4.11. The third-order valence-corrected chi connectivity index (χ3v) is 4.76. The second-order valence-electron chi connectivity index (χ2n) is 5.98. The van der Waals surface area contributed by atoms with E-state index in [1.807, 2.05) is 31.2 Å². The molecule has 0 aliphatic carbocycles. The van der Waals surface area contributed by atoms with Crippen molar-refractivity contribution in [2.75, 3.05) is 11.5 Å². The first kappa shape index (κ1) is 17.6. The van der Waals surface area contributed by atoms with Crippen LogP contribution in [0.15, 0.2) is 46.9 Å². The number of halogens is 2. The van der Waals surface area contributed by atoms with Crippen LogP contribution in [-0.2, 0) is 16.0 Å². The average Bonchev–Trinajstić information content (AvgIpc) is 2.61. The maximum Gasteiger partial charge on any atom is 0.341 e. The van der Waals surface area contributed by atoms with Gasteiger partial charge in [0.05, 0.1) is 5.56 Å². The van der Waals surface area contributed by atoms with E-state index in [1.165, 1.54) is 18.2 Å². The first-order valence-electron chi connectivity index (χ1n) is 7.99. The van der Waals surface area contributed by atoms with Gasteiger partial charge < -0.3 is 9.64 Å². The molecule has 0 saturated carbocycles. The van der Waals surface area contributed by atoms with Crippen molar-refractivity contribution < 1.29 is 18.7 Å². The lowest BCUT2D eigenvalue weighted by molar-refractivity contribution is -0.122. The van der Waals surface area contributed by atoms with Crippen molar-refractivity contribution in [3.63, 3.8) is 0 Å². The van der Waals surface area contributed by atoms with E-state index in [9.17, 15) is 14.0 Å². The number of carbonyl (C=O) groups excluding carboxylic acids is 2. The normalized spacial score (nSPS) is 16.3. The number of amides is 1. The van der Waals surface area contributed by atoms with Crippen LogP contribution in [0.4, 0.5) is 10.1 Å². The molecule has 0 spiro atoms. The van der Waals surface area contributed by atoms with Gasteiger partial charge >= 0.3 is 5.97 Å². The largest absolute Gasteiger partial charge is 0.452 e. The summed E-state index contributed by atoms with van der Waals surface area (Å²) in [6, 6.07) is 11.7. The van der Waals surface area contributed by atoms with E-state index in [4.69, 9.17) is 4.74 Å². The Morgan fingerprint density at radius 3 is 2.84 bits per heavy atom. The van der Waals surface area contributed by atoms with Crippen LogP contribution in [0, 0.1) is 5.82 Å². The zero-order chi connectivity index (χ0) is 18.0. The van der Waals surface area contributed by atoms with Gasteiger partial charge in [-0.15, -0.1) is 0 Å². The molecular weight excluding hydrogens is 389 g/mol. The summed E-state index contributed by atoms with van der Waals surface area (Å²) < 4.78 is 19.4. The summed E-state index contributed by atoms with van der Waals surface area (Å²) in [5, 5.41) is 0. The van der Waals surface area contributed by atoms with Crippen LogP contribution >= 0.6 is 15.9 Å². The molecule has 25 heavy (non-hydrogen) atoms. The Balaban J connectivity index is 1.72. The number of benzene rings is 2. The molecule has 1 atom stereocenters. The quantitative estimate of drug-likeness (QED) is 0.721. The minimum Gasteiger partial charge on any atom is -0.452 e. The summed E-state index contributed by atoms with van der Waals surface area (Å²) >= 11 is 3.18. The van der Waals surface area contributed by atoms with Gasteiger partial charge in [-0.3, -0.25) is 4.79 Å². The highest BCUT2D eigenvalue weighted by Gasteiger charge is 2.28. The van der Waals surface area contributed by atoms with Crippen molar-refractivity contribution in [3.8, 4) is 0 Å². The van der Waals surface area contributed by atoms with Crippen molar-refractivity contribution >= 4 is 33.5 Å². The first-order valence-corrected chi connectivity index (χ1v) is 8.79. The number of hydrogen-bond donors (Lipinski definition) is 0. The van der Waals surface area contributed by atoms with Gasteiger partial charge in [-0.25, -0.2) is 9.18 Å². The lowest BCUT2D eigenvalue weighted by Crippen LogP contribution is -2.44. The van der Waals surface area contributed by atoms with Gasteiger partial charge in [0, 0.05) is 16.2 Å². The fourth-order valence-electron chi connectivity index (χ4n) is 3.00. The predicted molar refractivity (Wildman–Crippen MR) is 96.1 cm³/mol. The van der Waals surface area contributed by atoms with Gasteiger partial charge in [0.15, 0.2) is 6.61 Å². The van der Waals surface area contributed by atoms with Crippen molar-refractivity contribution in [1.29, 1.82) is 0 Å². The average molecular weight is 406 g/mol. The Bertz CT molecular complexity index is 824. The Kier molecular flexibility index (Phi) is 5.18. The second kappa shape index (κ2) is 7.35. The monoisotopic (exact) mass is 405 g/mol. The molecule has 1 heterocycles. The lowest BCUT2D eigenvalue weighted by Gasteiger charge is -2.35. The Labute approximate surface area is 153 Å². The molecule has 0 bridgehead atoms. The summed E-state index contributed by atoms with van der Waals surface area (Å²) in [5.41, 5.74) is 1.74. The molecule has 0 saturated heterocycles. The highest BCUT2D eigenvalue weighted by atomic mass is 79.9. The molecule has 0 radical (unpaired) electrons. The third kappa shape index (κ3) is 3.74. The van der Waals surface area contributed by atoms with Crippen LogP contribution in [-0.4, -0.2) is 24.5 Å². The van der Waals surface area contributed by atoms with Gasteiger partial charge in [0.1, 0.15) is 5.82 Å². The van der Waals surface area contributed by atoms with Crippen molar-refractivity contribution in [2.45, 2.75) is 25.8 Å². The number of fused-ring (bicyclic) bond motifs is 1. The second-order valence-corrected chi connectivity index (χ2v) is 6.90. The number of para-hydroxylation sites is 1. The molecule has 1 unspecified atom stereocenters. The molecule has 1 amide bonds. The van der Waals surface area contributed by atoms with Crippen molar-refractivity contribution in [3.05, 3.63) is 63.9 Å². The Morgan fingerprint density at radius 2 is 2.04 bits per heavy atom. The van der Waals surface area contributed by atoms with E-state index < -0.39 is 18.4 Å². The lowest BCUT2D eigenvalue weighted by atomic mass is 9.96. The van der Waals surface area contributed by atoms with Crippen LogP contribution in [0.3, 0.4) is 0 Å². The van der Waals surface area contributed by atoms with E-state index >= 15 is 0 Å². The van der Waals surface area contributed by atoms with Crippen LogP contribution in [0.5, 0.6) is 0 Å². The van der Waals surface area contributed by atoms with Crippen LogP contribution in [0.25, 0.3) is 0 Å². The first-order chi connectivity index (χ1) is 12.0. The fourth-order valence-corrected chi connectivity index (χ4v) is 3.36. The molecule has 1 aliphatic heterocycles. The van der Waals surface area contributed by atoms with E-state index in [2.05, 4.69) is 15.9 Å². The van der Waals surface area contributed by atoms with Crippen molar-refractivity contribution in [1.82, 2.24) is 0 Å². The summed E-state index contributed by atoms with van der Waals surface area (Å²) in [6.07, 6.45) is 1.75. The Morgan fingerprint density at radius 1 is 1.28 bits per heavy atom. The summed E-state index contributed by atoms with van der Waals surface area (Å²) in [5.74, 6) is -1.86. The highest BCUT2D eigenvalue weighted by molar-refractivity contribution is 9.10. The smallest absolute Gasteiger partial charge is 0.341 e. The van der Waals surface area contributed by atoms with Gasteiger partial charge in [-0.2, -0.15) is 0 Å². The molecule has 0 fully saturated rings. The van der Waals surface area contributed by atoms with E-state index in [-0.39, 0.29) is 17.5 Å².